The number of unbranched alkanes of at least 4 members (excludes halogenated alkanes) is 2. The van der Waals surface area contributed by atoms with E-state index in [2.05, 4.69) is 12.2 Å². The largest absolute Gasteiger partial charge is 0.349 e. The van der Waals surface area contributed by atoms with Crippen LogP contribution in [0, 0.1) is 0 Å². The molecule has 25 heavy (non-hydrogen) atoms. The summed E-state index contributed by atoms with van der Waals surface area (Å²) in [5.74, 6) is -0.188. The Kier molecular flexibility index (Phi) is 7.94. The molecule has 1 atom stereocenters. The van der Waals surface area contributed by atoms with Crippen molar-refractivity contribution in [1.82, 2.24) is 5.32 Å². The van der Waals surface area contributed by atoms with Gasteiger partial charge < -0.3 is 5.32 Å². The fourth-order valence-corrected chi connectivity index (χ4v) is 5.38. The molecular weight excluding hydrogens is 334 g/mol. The van der Waals surface area contributed by atoms with E-state index in [9.17, 15) is 13.2 Å². The van der Waals surface area contributed by atoms with Crippen molar-refractivity contribution >= 4 is 15.7 Å². The van der Waals surface area contributed by atoms with Crippen LogP contribution in [0.25, 0.3) is 0 Å². The summed E-state index contributed by atoms with van der Waals surface area (Å²) < 4.78 is 24.6. The summed E-state index contributed by atoms with van der Waals surface area (Å²) in [4.78, 5) is 12.3. The van der Waals surface area contributed by atoms with Crippen molar-refractivity contribution in [2.24, 2.45) is 0 Å². The van der Waals surface area contributed by atoms with Gasteiger partial charge in [-0.1, -0.05) is 69.4 Å². The fourth-order valence-electron chi connectivity index (χ4n) is 3.52. The molecule has 1 saturated carbocycles. The Hall–Kier alpha value is -1.36. The Bertz CT molecular complexity index is 622. The van der Waals surface area contributed by atoms with Gasteiger partial charge in [-0.15, -0.1) is 0 Å². The first-order valence-electron chi connectivity index (χ1n) is 9.59. The van der Waals surface area contributed by atoms with Gasteiger partial charge in [0.1, 0.15) is 0 Å². The van der Waals surface area contributed by atoms with Crippen molar-refractivity contribution in [3.05, 3.63) is 35.9 Å². The number of hydrogen-bond acceptors (Lipinski definition) is 3. The van der Waals surface area contributed by atoms with E-state index in [0.717, 1.165) is 56.9 Å². The Morgan fingerprint density at radius 1 is 1.16 bits per heavy atom. The maximum Gasteiger partial charge on any atom is 0.221 e. The van der Waals surface area contributed by atoms with Crippen LogP contribution in [0.1, 0.15) is 76.3 Å². The van der Waals surface area contributed by atoms with E-state index >= 15 is 0 Å². The lowest BCUT2D eigenvalue weighted by molar-refractivity contribution is -0.121. The van der Waals surface area contributed by atoms with Gasteiger partial charge >= 0.3 is 0 Å². The third-order valence-corrected chi connectivity index (χ3v) is 7.32. The Morgan fingerprint density at radius 2 is 1.84 bits per heavy atom. The second kappa shape index (κ2) is 9.95. The number of benzene rings is 1. The zero-order chi connectivity index (χ0) is 18.1. The van der Waals surface area contributed by atoms with Crippen LogP contribution < -0.4 is 5.32 Å². The molecule has 0 heterocycles. The molecule has 2 rings (SSSR count). The van der Waals surface area contributed by atoms with Crippen molar-refractivity contribution in [2.45, 2.75) is 76.0 Å². The zero-order valence-corrected chi connectivity index (χ0v) is 16.1. The second-order valence-corrected chi connectivity index (χ2v) is 9.45. The van der Waals surface area contributed by atoms with Gasteiger partial charge in [-0.2, -0.15) is 0 Å². The number of carbonyl (C=O) groups is 1. The quantitative estimate of drug-likeness (QED) is 0.633. The maximum absolute atomic E-state index is 12.3. The first-order valence-corrected chi connectivity index (χ1v) is 11.3. The van der Waals surface area contributed by atoms with Gasteiger partial charge in [0.05, 0.1) is 17.0 Å². The average molecular weight is 366 g/mol. The van der Waals surface area contributed by atoms with Crippen LogP contribution in [-0.2, 0) is 14.6 Å². The number of nitrogens with one attached hydrogen (secondary N) is 1. The molecule has 0 saturated heterocycles. The molecule has 1 aliphatic rings. The number of amides is 1. The smallest absolute Gasteiger partial charge is 0.221 e. The van der Waals surface area contributed by atoms with Crippen LogP contribution in [0.5, 0.6) is 0 Å². The number of sulfone groups is 1. The molecule has 1 N–H and O–H groups in total. The summed E-state index contributed by atoms with van der Waals surface area (Å²) in [6.45, 7) is 2.16. The molecule has 1 aromatic carbocycles. The molecule has 5 heteroatoms. The van der Waals surface area contributed by atoms with Crippen molar-refractivity contribution in [3.63, 3.8) is 0 Å². The highest BCUT2D eigenvalue weighted by molar-refractivity contribution is 7.92. The van der Waals surface area contributed by atoms with Crippen molar-refractivity contribution in [1.29, 1.82) is 0 Å². The van der Waals surface area contributed by atoms with Crippen LogP contribution in [0.15, 0.2) is 30.3 Å². The minimum absolute atomic E-state index is 0.0278. The Balaban J connectivity index is 1.89. The zero-order valence-electron chi connectivity index (χ0n) is 15.2. The van der Waals surface area contributed by atoms with E-state index in [4.69, 9.17) is 0 Å². The van der Waals surface area contributed by atoms with Gasteiger partial charge in [0.25, 0.3) is 0 Å². The summed E-state index contributed by atoms with van der Waals surface area (Å²) >= 11 is 0. The summed E-state index contributed by atoms with van der Waals surface area (Å²) in [7, 11) is -3.14. The van der Waals surface area contributed by atoms with Crippen molar-refractivity contribution in [2.75, 3.05) is 5.75 Å². The third kappa shape index (κ3) is 6.46. The minimum Gasteiger partial charge on any atom is -0.349 e. The fraction of sp³-hybridized carbons (Fsp3) is 0.650. The predicted octanol–water partition coefficient (Wildman–Crippen LogP) is 4.17. The molecule has 0 aromatic heterocycles. The molecule has 1 amide bonds. The molecule has 0 spiro atoms. The maximum atomic E-state index is 12.3. The second-order valence-electron chi connectivity index (χ2n) is 7.05. The van der Waals surface area contributed by atoms with Gasteiger partial charge in [-0.25, -0.2) is 8.42 Å². The number of carbonyl (C=O) groups excluding carboxylic acids is 1. The Morgan fingerprint density at radius 3 is 2.48 bits per heavy atom. The summed E-state index contributed by atoms with van der Waals surface area (Å²) in [5.41, 5.74) is 1.09. The summed E-state index contributed by atoms with van der Waals surface area (Å²) in [6, 6.07) is 9.91. The van der Waals surface area contributed by atoms with Crippen LogP contribution in [0.3, 0.4) is 0 Å². The van der Waals surface area contributed by atoms with Crippen LogP contribution in [-0.4, -0.2) is 25.3 Å². The highest BCUT2D eigenvalue weighted by Crippen LogP contribution is 2.26. The van der Waals surface area contributed by atoms with E-state index < -0.39 is 9.84 Å². The van der Waals surface area contributed by atoms with Gasteiger partial charge in [0.15, 0.2) is 9.84 Å². The van der Waals surface area contributed by atoms with E-state index in [1.807, 2.05) is 30.3 Å². The molecule has 0 radical (unpaired) electrons. The SMILES string of the molecule is CCCCCC(NC(=O)CCS(=O)(=O)C1CCCC1)c1ccccc1. The van der Waals surface area contributed by atoms with Gasteiger partial charge in [-0.05, 0) is 24.8 Å². The molecule has 1 fully saturated rings. The molecule has 1 aromatic rings. The van der Waals surface area contributed by atoms with Crippen LogP contribution in [0.4, 0.5) is 0 Å². The van der Waals surface area contributed by atoms with E-state index in [1.54, 1.807) is 0 Å². The number of rotatable bonds is 10. The standard InChI is InChI=1S/C20H31NO3S/c1-2-3-5-14-19(17-10-6-4-7-11-17)21-20(22)15-16-25(23,24)18-12-8-9-13-18/h4,6-7,10-11,18-19H,2-3,5,8-9,12-16H2,1H3,(H,21,22). The van der Waals surface area contributed by atoms with Crippen molar-refractivity contribution in [3.8, 4) is 0 Å². The molecular formula is C20H31NO3S. The topological polar surface area (TPSA) is 63.2 Å². The first-order chi connectivity index (χ1) is 12.0. The molecule has 1 unspecified atom stereocenters. The van der Waals surface area contributed by atoms with E-state index in [-0.39, 0.29) is 29.4 Å². The monoisotopic (exact) mass is 365 g/mol. The lowest BCUT2D eigenvalue weighted by atomic mass is 10.0. The predicted molar refractivity (Wildman–Crippen MR) is 102 cm³/mol. The Labute approximate surface area is 152 Å². The molecule has 0 bridgehead atoms. The highest BCUT2D eigenvalue weighted by atomic mass is 32.2. The first kappa shape index (κ1) is 20.0. The minimum atomic E-state index is -3.14. The van der Waals surface area contributed by atoms with Crippen LogP contribution in [0.2, 0.25) is 0 Å². The third-order valence-electron chi connectivity index (χ3n) is 5.06. The molecule has 1 aliphatic carbocycles. The normalized spacial score (nSPS) is 16.7. The van der Waals surface area contributed by atoms with Gasteiger partial charge in [0, 0.05) is 6.42 Å². The molecule has 140 valence electrons. The average Bonchev–Trinajstić information content (AvgIpc) is 3.16. The van der Waals surface area contributed by atoms with Gasteiger partial charge in [-0.3, -0.25) is 4.79 Å². The van der Waals surface area contributed by atoms with Crippen molar-refractivity contribution < 1.29 is 13.2 Å². The van der Waals surface area contributed by atoms with E-state index in [0.29, 0.717) is 0 Å². The summed E-state index contributed by atoms with van der Waals surface area (Å²) in [5, 5.41) is 2.82. The van der Waals surface area contributed by atoms with E-state index in [1.165, 1.54) is 0 Å². The molecule has 0 aliphatic heterocycles. The number of hydrogen-bond donors (Lipinski definition) is 1. The lowest BCUT2D eigenvalue weighted by Crippen LogP contribution is -2.31. The molecule has 4 nitrogen and oxygen atoms in total. The van der Waals surface area contributed by atoms with Crippen LogP contribution >= 0.6 is 0 Å². The summed E-state index contributed by atoms with van der Waals surface area (Å²) in [6.07, 6.45) is 7.77. The van der Waals surface area contributed by atoms with Gasteiger partial charge in [0.2, 0.25) is 5.91 Å². The highest BCUT2D eigenvalue weighted by Gasteiger charge is 2.29. The lowest BCUT2D eigenvalue weighted by Gasteiger charge is -2.19.